The van der Waals surface area contributed by atoms with Gasteiger partial charge in [-0.2, -0.15) is 13.2 Å². The zero-order valence-corrected chi connectivity index (χ0v) is 9.82. The number of benzene rings is 1. The summed E-state index contributed by atoms with van der Waals surface area (Å²) in [4.78, 5) is 10.7. The molecule has 0 radical (unpaired) electrons. The molecule has 6 heteroatoms. The fourth-order valence-corrected chi connectivity index (χ4v) is 1.50. The zero-order valence-electron chi connectivity index (χ0n) is 9.82. The Balaban J connectivity index is 2.23. The number of furan rings is 1. The Bertz CT molecular complexity index is 582. The molecule has 0 spiro atoms. The molecule has 100 valence electrons. The van der Waals surface area contributed by atoms with Gasteiger partial charge in [0.15, 0.2) is 0 Å². The van der Waals surface area contributed by atoms with E-state index in [0.717, 1.165) is 12.1 Å². The molecular weight excluding hydrogens is 261 g/mol. The minimum atomic E-state index is -4.37. The molecular formula is C13H9F3O3. The highest BCUT2D eigenvalue weighted by Gasteiger charge is 2.30. The summed E-state index contributed by atoms with van der Waals surface area (Å²) in [6.45, 7) is 1.22. The van der Waals surface area contributed by atoms with E-state index in [2.05, 4.69) is 0 Å². The topological polar surface area (TPSA) is 39.4 Å². The molecule has 0 atom stereocenters. The third-order valence-electron chi connectivity index (χ3n) is 2.32. The molecule has 0 bridgehead atoms. The minimum Gasteiger partial charge on any atom is -0.425 e. The summed E-state index contributed by atoms with van der Waals surface area (Å²) in [5.41, 5.74) is -0.269. The van der Waals surface area contributed by atoms with Crippen molar-refractivity contribution in [3.63, 3.8) is 0 Å². The van der Waals surface area contributed by atoms with Crippen molar-refractivity contribution in [1.82, 2.24) is 0 Å². The molecule has 0 saturated carbocycles. The number of ether oxygens (including phenoxy) is 1. The maximum atomic E-state index is 12.4. The fourth-order valence-electron chi connectivity index (χ4n) is 1.50. The van der Waals surface area contributed by atoms with Gasteiger partial charge in [-0.25, -0.2) is 0 Å². The molecule has 2 rings (SSSR count). The highest BCUT2D eigenvalue weighted by molar-refractivity contribution is 5.69. The Kier molecular flexibility index (Phi) is 3.33. The van der Waals surface area contributed by atoms with E-state index in [1.165, 1.54) is 31.2 Å². The molecule has 0 amide bonds. The van der Waals surface area contributed by atoms with Crippen LogP contribution in [0.5, 0.6) is 5.95 Å². The normalized spacial score (nSPS) is 11.4. The van der Waals surface area contributed by atoms with Gasteiger partial charge in [-0.1, -0.05) is 12.1 Å². The van der Waals surface area contributed by atoms with Crippen LogP contribution >= 0.6 is 0 Å². The highest BCUT2D eigenvalue weighted by Crippen LogP contribution is 2.32. The lowest BCUT2D eigenvalue weighted by atomic mass is 10.1. The van der Waals surface area contributed by atoms with Crippen LogP contribution in [0, 0.1) is 0 Å². The van der Waals surface area contributed by atoms with Crippen LogP contribution in [0.4, 0.5) is 13.2 Å². The van der Waals surface area contributed by atoms with Crippen LogP contribution in [0.1, 0.15) is 12.5 Å². The summed E-state index contributed by atoms with van der Waals surface area (Å²) in [5.74, 6) is -0.208. The zero-order chi connectivity index (χ0) is 14.0. The maximum Gasteiger partial charge on any atom is 0.416 e. The first-order valence-electron chi connectivity index (χ1n) is 5.32. The second-order valence-electron chi connectivity index (χ2n) is 3.79. The van der Waals surface area contributed by atoms with Crippen molar-refractivity contribution in [2.45, 2.75) is 13.1 Å². The van der Waals surface area contributed by atoms with Crippen LogP contribution in [0.15, 0.2) is 40.8 Å². The van der Waals surface area contributed by atoms with Crippen molar-refractivity contribution < 1.29 is 27.1 Å². The van der Waals surface area contributed by atoms with E-state index in [0.29, 0.717) is 11.3 Å². The standard InChI is InChI=1S/C13H9F3O3/c1-8(17)18-12-7-6-11(19-12)9-2-4-10(5-3-9)13(14,15)16/h2-7H,1H3. The number of esters is 1. The molecule has 0 unspecified atom stereocenters. The van der Waals surface area contributed by atoms with E-state index < -0.39 is 17.7 Å². The molecule has 3 nitrogen and oxygen atoms in total. The lowest BCUT2D eigenvalue weighted by molar-refractivity contribution is -0.137. The Hall–Kier alpha value is -2.24. The number of hydrogen-bond acceptors (Lipinski definition) is 3. The molecule has 0 N–H and O–H groups in total. The Morgan fingerprint density at radius 3 is 2.26 bits per heavy atom. The summed E-state index contributed by atoms with van der Waals surface area (Å²) in [6.07, 6.45) is -4.37. The molecule has 0 aliphatic carbocycles. The fraction of sp³-hybridized carbons (Fsp3) is 0.154. The van der Waals surface area contributed by atoms with Crippen LogP contribution < -0.4 is 4.74 Å². The predicted octanol–water partition coefficient (Wildman–Crippen LogP) is 3.89. The molecule has 0 aliphatic heterocycles. The average molecular weight is 270 g/mol. The molecule has 0 saturated heterocycles. The first-order valence-corrected chi connectivity index (χ1v) is 5.32. The van der Waals surface area contributed by atoms with Gasteiger partial charge >= 0.3 is 12.1 Å². The molecule has 1 aromatic heterocycles. The average Bonchev–Trinajstić information content (AvgIpc) is 2.75. The number of carbonyl (C=O) groups is 1. The van der Waals surface area contributed by atoms with E-state index in [1.807, 2.05) is 0 Å². The van der Waals surface area contributed by atoms with Gasteiger partial charge in [0.1, 0.15) is 5.76 Å². The van der Waals surface area contributed by atoms with E-state index in [4.69, 9.17) is 9.15 Å². The van der Waals surface area contributed by atoms with E-state index in [9.17, 15) is 18.0 Å². The monoisotopic (exact) mass is 270 g/mol. The summed E-state index contributed by atoms with van der Waals surface area (Å²) < 4.78 is 47.1. The lowest BCUT2D eigenvalue weighted by Crippen LogP contribution is -2.03. The minimum absolute atomic E-state index is 0.00222. The Labute approximate surface area is 106 Å². The predicted molar refractivity (Wildman–Crippen MR) is 60.5 cm³/mol. The van der Waals surface area contributed by atoms with Crippen molar-refractivity contribution in [2.24, 2.45) is 0 Å². The Morgan fingerprint density at radius 1 is 1.11 bits per heavy atom. The van der Waals surface area contributed by atoms with Crippen molar-refractivity contribution in [3.8, 4) is 17.3 Å². The quantitative estimate of drug-likeness (QED) is 0.777. The van der Waals surface area contributed by atoms with Gasteiger partial charge in [0, 0.05) is 18.6 Å². The summed E-state index contributed by atoms with van der Waals surface area (Å²) in [6, 6.07) is 7.44. The third-order valence-corrected chi connectivity index (χ3v) is 2.32. The molecule has 1 aromatic carbocycles. The smallest absolute Gasteiger partial charge is 0.416 e. The first-order chi connectivity index (χ1) is 8.86. The van der Waals surface area contributed by atoms with Gasteiger partial charge in [-0.15, -0.1) is 0 Å². The summed E-state index contributed by atoms with van der Waals surface area (Å²) in [5, 5.41) is 0. The van der Waals surface area contributed by atoms with Crippen LogP contribution in [0.2, 0.25) is 0 Å². The van der Waals surface area contributed by atoms with Crippen molar-refractivity contribution in [2.75, 3.05) is 0 Å². The van der Waals surface area contributed by atoms with Crippen LogP contribution in [-0.4, -0.2) is 5.97 Å². The second-order valence-corrected chi connectivity index (χ2v) is 3.79. The van der Waals surface area contributed by atoms with E-state index in [1.54, 1.807) is 0 Å². The first kappa shape index (κ1) is 13.2. The molecule has 0 aliphatic rings. The number of hydrogen-bond donors (Lipinski definition) is 0. The van der Waals surface area contributed by atoms with Gasteiger partial charge in [0.05, 0.1) is 5.56 Å². The molecule has 2 aromatic rings. The largest absolute Gasteiger partial charge is 0.425 e. The van der Waals surface area contributed by atoms with Crippen LogP contribution in [0.25, 0.3) is 11.3 Å². The third kappa shape index (κ3) is 3.15. The number of rotatable bonds is 2. The van der Waals surface area contributed by atoms with Crippen LogP contribution in [-0.2, 0) is 11.0 Å². The molecule has 19 heavy (non-hydrogen) atoms. The Morgan fingerprint density at radius 2 is 1.74 bits per heavy atom. The van der Waals surface area contributed by atoms with Gasteiger partial charge < -0.3 is 9.15 Å². The number of carbonyl (C=O) groups excluding carboxylic acids is 1. The molecule has 1 heterocycles. The summed E-state index contributed by atoms with van der Waals surface area (Å²) >= 11 is 0. The van der Waals surface area contributed by atoms with E-state index >= 15 is 0 Å². The maximum absolute atomic E-state index is 12.4. The second kappa shape index (κ2) is 4.79. The number of alkyl halides is 3. The van der Waals surface area contributed by atoms with Crippen molar-refractivity contribution in [3.05, 3.63) is 42.0 Å². The van der Waals surface area contributed by atoms with Gasteiger partial charge in [-0.05, 0) is 18.2 Å². The van der Waals surface area contributed by atoms with Gasteiger partial charge in [0.25, 0.3) is 5.95 Å². The highest BCUT2D eigenvalue weighted by atomic mass is 19.4. The number of halogens is 3. The lowest BCUT2D eigenvalue weighted by Gasteiger charge is -2.06. The van der Waals surface area contributed by atoms with E-state index in [-0.39, 0.29) is 5.95 Å². The van der Waals surface area contributed by atoms with Gasteiger partial charge in [-0.3, -0.25) is 4.79 Å². The van der Waals surface area contributed by atoms with Crippen molar-refractivity contribution in [1.29, 1.82) is 0 Å². The SMILES string of the molecule is CC(=O)Oc1ccc(-c2ccc(C(F)(F)F)cc2)o1. The van der Waals surface area contributed by atoms with Gasteiger partial charge in [0.2, 0.25) is 0 Å². The molecule has 0 fully saturated rings. The summed E-state index contributed by atoms with van der Waals surface area (Å²) in [7, 11) is 0. The van der Waals surface area contributed by atoms with Crippen molar-refractivity contribution >= 4 is 5.97 Å². The van der Waals surface area contributed by atoms with Crippen LogP contribution in [0.3, 0.4) is 0 Å².